The summed E-state index contributed by atoms with van der Waals surface area (Å²) in [6.07, 6.45) is 3.78. The molecule has 94 valence electrons. The molecule has 17 heavy (non-hydrogen) atoms. The van der Waals surface area contributed by atoms with Crippen LogP contribution in [0.25, 0.3) is 0 Å². The fourth-order valence-corrected chi connectivity index (χ4v) is 2.82. The van der Waals surface area contributed by atoms with Gasteiger partial charge in [0.2, 0.25) is 5.91 Å². The summed E-state index contributed by atoms with van der Waals surface area (Å²) >= 11 is 1.70. The fraction of sp³-hybridized carbons (Fsp3) is 0.615. The van der Waals surface area contributed by atoms with E-state index in [-0.39, 0.29) is 18.1 Å². The van der Waals surface area contributed by atoms with Gasteiger partial charge in [0.25, 0.3) is 0 Å². The highest BCUT2D eigenvalue weighted by Gasteiger charge is 2.23. The van der Waals surface area contributed by atoms with Crippen molar-refractivity contribution >= 4 is 17.2 Å². The van der Waals surface area contributed by atoms with Crippen molar-refractivity contribution in [3.63, 3.8) is 0 Å². The van der Waals surface area contributed by atoms with Crippen LogP contribution in [0.5, 0.6) is 0 Å². The van der Waals surface area contributed by atoms with Crippen molar-refractivity contribution in [3.05, 3.63) is 22.4 Å². The van der Waals surface area contributed by atoms with Crippen molar-refractivity contribution in [3.8, 4) is 0 Å². The molecule has 1 N–H and O–H groups in total. The van der Waals surface area contributed by atoms with Crippen molar-refractivity contribution in [1.29, 1.82) is 0 Å². The van der Waals surface area contributed by atoms with Gasteiger partial charge < -0.3 is 10.1 Å². The maximum absolute atomic E-state index is 11.7. The zero-order chi connectivity index (χ0) is 12.1. The first-order valence-electron chi connectivity index (χ1n) is 6.19. The Bertz CT molecular complexity index is 344. The Morgan fingerprint density at radius 1 is 1.71 bits per heavy atom. The smallest absolute Gasteiger partial charge is 0.220 e. The highest BCUT2D eigenvalue weighted by atomic mass is 32.1. The minimum absolute atomic E-state index is 0.126. The Morgan fingerprint density at radius 3 is 3.24 bits per heavy atom. The van der Waals surface area contributed by atoms with E-state index in [9.17, 15) is 4.79 Å². The Morgan fingerprint density at radius 2 is 2.59 bits per heavy atom. The van der Waals surface area contributed by atoms with Crippen LogP contribution in [0.15, 0.2) is 17.5 Å². The molecular weight excluding hydrogens is 234 g/mol. The van der Waals surface area contributed by atoms with Crippen LogP contribution in [-0.2, 0) is 16.0 Å². The van der Waals surface area contributed by atoms with Crippen molar-refractivity contribution in [1.82, 2.24) is 5.32 Å². The Hall–Kier alpha value is -0.870. The van der Waals surface area contributed by atoms with Crippen LogP contribution in [0.1, 0.15) is 31.1 Å². The van der Waals surface area contributed by atoms with Gasteiger partial charge in [0.15, 0.2) is 0 Å². The molecule has 4 heteroatoms. The van der Waals surface area contributed by atoms with Crippen LogP contribution in [0.3, 0.4) is 0 Å². The topological polar surface area (TPSA) is 38.3 Å². The minimum atomic E-state index is 0.126. The molecule has 0 saturated carbocycles. The molecule has 0 spiro atoms. The molecule has 1 fully saturated rings. The van der Waals surface area contributed by atoms with Crippen molar-refractivity contribution in [2.45, 2.75) is 44.8 Å². The first kappa shape index (κ1) is 12.6. The molecule has 1 amide bonds. The number of nitrogens with one attached hydrogen (secondary N) is 1. The zero-order valence-electron chi connectivity index (χ0n) is 10.1. The average Bonchev–Trinajstić information content (AvgIpc) is 2.99. The minimum Gasteiger partial charge on any atom is -0.376 e. The van der Waals surface area contributed by atoms with Gasteiger partial charge in [-0.2, -0.15) is 0 Å². The Labute approximate surface area is 106 Å². The largest absolute Gasteiger partial charge is 0.376 e. The first-order chi connectivity index (χ1) is 8.25. The standard InChI is InChI=1S/C13H19NO2S/c1-10(12-5-2-8-16-12)14-13(15)7-6-11-4-3-9-17-11/h3-4,9-10,12H,2,5-8H2,1H3,(H,14,15). The summed E-state index contributed by atoms with van der Waals surface area (Å²) in [5.41, 5.74) is 0. The van der Waals surface area contributed by atoms with Gasteiger partial charge in [-0.25, -0.2) is 0 Å². The predicted molar refractivity (Wildman–Crippen MR) is 69.2 cm³/mol. The second kappa shape index (κ2) is 6.17. The van der Waals surface area contributed by atoms with E-state index >= 15 is 0 Å². The van der Waals surface area contributed by atoms with E-state index < -0.39 is 0 Å². The predicted octanol–water partition coefficient (Wildman–Crippen LogP) is 2.36. The van der Waals surface area contributed by atoms with Crippen molar-refractivity contribution in [2.75, 3.05) is 6.61 Å². The van der Waals surface area contributed by atoms with Gasteiger partial charge in [-0.3, -0.25) is 4.79 Å². The molecule has 1 saturated heterocycles. The summed E-state index contributed by atoms with van der Waals surface area (Å²) in [7, 11) is 0. The van der Waals surface area contributed by atoms with Crippen molar-refractivity contribution in [2.24, 2.45) is 0 Å². The van der Waals surface area contributed by atoms with Crippen LogP contribution >= 0.6 is 11.3 Å². The monoisotopic (exact) mass is 253 g/mol. The number of carbonyl (C=O) groups excluding carboxylic acids is 1. The summed E-state index contributed by atoms with van der Waals surface area (Å²) in [5.74, 6) is 0.126. The lowest BCUT2D eigenvalue weighted by molar-refractivity contribution is -0.122. The summed E-state index contributed by atoms with van der Waals surface area (Å²) in [5, 5.41) is 5.07. The summed E-state index contributed by atoms with van der Waals surface area (Å²) in [4.78, 5) is 13.0. The number of rotatable bonds is 5. The van der Waals surface area contributed by atoms with E-state index in [0.29, 0.717) is 6.42 Å². The lowest BCUT2D eigenvalue weighted by Gasteiger charge is -2.19. The highest BCUT2D eigenvalue weighted by molar-refractivity contribution is 7.09. The van der Waals surface area contributed by atoms with E-state index in [2.05, 4.69) is 11.4 Å². The van der Waals surface area contributed by atoms with E-state index in [1.54, 1.807) is 11.3 Å². The maximum atomic E-state index is 11.7. The van der Waals surface area contributed by atoms with Gasteiger partial charge in [-0.1, -0.05) is 6.07 Å². The molecule has 3 nitrogen and oxygen atoms in total. The average molecular weight is 253 g/mol. The maximum Gasteiger partial charge on any atom is 0.220 e. The molecule has 0 radical (unpaired) electrons. The van der Waals surface area contributed by atoms with E-state index in [0.717, 1.165) is 25.9 Å². The molecule has 0 aliphatic carbocycles. The van der Waals surface area contributed by atoms with Crippen LogP contribution in [0.4, 0.5) is 0 Å². The number of ether oxygens (including phenoxy) is 1. The second-order valence-corrected chi connectivity index (χ2v) is 5.52. The lowest BCUT2D eigenvalue weighted by Crippen LogP contribution is -2.40. The van der Waals surface area contributed by atoms with Crippen LogP contribution in [0.2, 0.25) is 0 Å². The van der Waals surface area contributed by atoms with Gasteiger partial charge in [0.05, 0.1) is 12.1 Å². The van der Waals surface area contributed by atoms with Crippen molar-refractivity contribution < 1.29 is 9.53 Å². The summed E-state index contributed by atoms with van der Waals surface area (Å²) in [6.45, 7) is 2.86. The molecule has 2 rings (SSSR count). The zero-order valence-corrected chi connectivity index (χ0v) is 11.0. The number of thiophene rings is 1. The van der Waals surface area contributed by atoms with Gasteiger partial charge >= 0.3 is 0 Å². The molecule has 0 aromatic carbocycles. The lowest BCUT2D eigenvalue weighted by atomic mass is 10.1. The van der Waals surface area contributed by atoms with Gasteiger partial charge in [-0.15, -0.1) is 11.3 Å². The van der Waals surface area contributed by atoms with Gasteiger partial charge in [-0.05, 0) is 37.6 Å². The quantitative estimate of drug-likeness (QED) is 0.875. The van der Waals surface area contributed by atoms with E-state index in [1.165, 1.54) is 4.88 Å². The van der Waals surface area contributed by atoms with E-state index in [4.69, 9.17) is 4.74 Å². The summed E-state index contributed by atoms with van der Waals surface area (Å²) in [6, 6.07) is 4.22. The first-order valence-corrected chi connectivity index (χ1v) is 7.07. The highest BCUT2D eigenvalue weighted by Crippen LogP contribution is 2.16. The molecule has 1 aliphatic heterocycles. The number of amides is 1. The Kier molecular flexibility index (Phi) is 4.57. The third-order valence-electron chi connectivity index (χ3n) is 3.09. The molecule has 1 aromatic heterocycles. The number of hydrogen-bond donors (Lipinski definition) is 1. The third kappa shape index (κ3) is 3.82. The molecule has 2 unspecified atom stereocenters. The van der Waals surface area contributed by atoms with E-state index in [1.807, 2.05) is 18.4 Å². The van der Waals surface area contributed by atoms with Crippen LogP contribution in [0, 0.1) is 0 Å². The number of carbonyl (C=O) groups is 1. The summed E-state index contributed by atoms with van der Waals surface area (Å²) < 4.78 is 5.55. The number of hydrogen-bond acceptors (Lipinski definition) is 3. The van der Waals surface area contributed by atoms with Gasteiger partial charge in [0.1, 0.15) is 0 Å². The molecule has 2 heterocycles. The van der Waals surface area contributed by atoms with Crippen LogP contribution < -0.4 is 5.32 Å². The molecule has 1 aromatic rings. The third-order valence-corrected chi connectivity index (χ3v) is 4.03. The molecule has 2 atom stereocenters. The second-order valence-electron chi connectivity index (χ2n) is 4.49. The SMILES string of the molecule is CC(NC(=O)CCc1cccs1)C1CCCO1. The molecule has 1 aliphatic rings. The fourth-order valence-electron chi connectivity index (χ4n) is 2.11. The normalized spacial score (nSPS) is 21.4. The molecular formula is C13H19NO2S. The van der Waals surface area contributed by atoms with Crippen LogP contribution in [-0.4, -0.2) is 24.7 Å². The van der Waals surface area contributed by atoms with Gasteiger partial charge in [0, 0.05) is 17.9 Å². The Balaban J connectivity index is 1.69. The molecule has 0 bridgehead atoms. The number of aryl methyl sites for hydroxylation is 1.